The highest BCUT2D eigenvalue weighted by molar-refractivity contribution is 5.89. The number of anilines is 1. The van der Waals surface area contributed by atoms with Crippen molar-refractivity contribution in [3.05, 3.63) is 74.4 Å². The van der Waals surface area contributed by atoms with E-state index in [4.69, 9.17) is 27.8 Å². The second-order valence-electron chi connectivity index (χ2n) is 9.35. The summed E-state index contributed by atoms with van der Waals surface area (Å²) in [4.78, 5) is 51.1. The fraction of sp³-hybridized carbons (Fsp3) is 0.333. The summed E-state index contributed by atoms with van der Waals surface area (Å²) >= 11 is 0. The van der Waals surface area contributed by atoms with Crippen LogP contribution in [0.25, 0.3) is 21.9 Å². The Balaban J connectivity index is 1.55. The lowest BCUT2D eigenvalue weighted by atomic mass is 10.1. The number of carbonyl (C=O) groups excluding carboxylic acids is 2. The second-order valence-corrected chi connectivity index (χ2v) is 9.35. The molecule has 0 aliphatic rings. The predicted octanol–water partition coefficient (Wildman–Crippen LogP) is 4.09. The molecule has 0 N–H and O–H groups in total. The Morgan fingerprint density at radius 2 is 1.66 bits per heavy atom. The van der Waals surface area contributed by atoms with Crippen LogP contribution in [0.2, 0.25) is 0 Å². The third-order valence-corrected chi connectivity index (χ3v) is 6.06. The van der Waals surface area contributed by atoms with Crippen LogP contribution in [0.3, 0.4) is 0 Å². The minimum atomic E-state index is -0.856. The van der Waals surface area contributed by atoms with Crippen molar-refractivity contribution in [2.24, 2.45) is 0 Å². The van der Waals surface area contributed by atoms with E-state index in [0.717, 1.165) is 11.8 Å². The molecule has 216 valence electrons. The number of benzene rings is 2. The van der Waals surface area contributed by atoms with E-state index in [9.17, 15) is 19.2 Å². The van der Waals surface area contributed by atoms with Gasteiger partial charge in [0.15, 0.2) is 17.0 Å². The van der Waals surface area contributed by atoms with Gasteiger partial charge in [0.1, 0.15) is 47.0 Å². The molecule has 0 fully saturated rings. The largest absolute Gasteiger partial charge is 0.490 e. The van der Waals surface area contributed by atoms with Gasteiger partial charge in [0, 0.05) is 57.4 Å². The van der Waals surface area contributed by atoms with Gasteiger partial charge in [-0.1, -0.05) is 6.92 Å². The van der Waals surface area contributed by atoms with Gasteiger partial charge in [0.25, 0.3) is 0 Å². The van der Waals surface area contributed by atoms with Gasteiger partial charge in [0.2, 0.25) is 5.76 Å². The van der Waals surface area contributed by atoms with Crippen LogP contribution < -0.4 is 25.2 Å². The highest BCUT2D eigenvalue weighted by atomic mass is 16.6. The lowest BCUT2D eigenvalue weighted by Gasteiger charge is -2.20. The number of carbonyl (C=O) groups is 2. The van der Waals surface area contributed by atoms with E-state index >= 15 is 0 Å². The standard InChI is InChI=1S/C30H31NO10/c1-6-19-13-24(34)29-26(10-18(31(4)5)11-27(29)40-19)38-16-21(39-17(3)32)15-37-20-8-9-25-22(12-20)23(33)14-28(41-25)30(35)36-7-2/h8-14,21H,6-7,15-16H2,1-5H3. The molecule has 11 heteroatoms. The van der Waals surface area contributed by atoms with Gasteiger partial charge in [-0.25, -0.2) is 4.79 Å². The first-order chi connectivity index (χ1) is 19.6. The van der Waals surface area contributed by atoms with Crippen molar-refractivity contribution < 1.29 is 37.4 Å². The molecule has 0 aliphatic carbocycles. The molecule has 2 heterocycles. The molecule has 0 amide bonds. The maximum absolute atomic E-state index is 12.9. The Morgan fingerprint density at radius 3 is 2.34 bits per heavy atom. The first kappa shape index (κ1) is 29.2. The Kier molecular flexibility index (Phi) is 8.96. The molecule has 1 unspecified atom stereocenters. The molecule has 11 nitrogen and oxygen atoms in total. The third-order valence-electron chi connectivity index (χ3n) is 6.06. The van der Waals surface area contributed by atoms with Gasteiger partial charge in [-0.05, 0) is 25.1 Å². The number of nitrogens with zero attached hydrogens (tertiary/aromatic N) is 1. The van der Waals surface area contributed by atoms with E-state index in [-0.39, 0.29) is 53.1 Å². The van der Waals surface area contributed by atoms with Crippen LogP contribution in [0.4, 0.5) is 5.69 Å². The number of hydrogen-bond donors (Lipinski definition) is 0. The minimum absolute atomic E-state index is 0.114. The van der Waals surface area contributed by atoms with Crippen LogP contribution in [0.5, 0.6) is 11.5 Å². The van der Waals surface area contributed by atoms with Crippen molar-refractivity contribution >= 4 is 39.6 Å². The zero-order valence-electron chi connectivity index (χ0n) is 23.5. The van der Waals surface area contributed by atoms with Crippen LogP contribution in [-0.4, -0.2) is 52.0 Å². The Hall–Kier alpha value is -4.80. The molecule has 1 atom stereocenters. The van der Waals surface area contributed by atoms with Gasteiger partial charge in [-0.15, -0.1) is 0 Å². The summed E-state index contributed by atoms with van der Waals surface area (Å²) < 4.78 is 33.5. The fourth-order valence-corrected chi connectivity index (χ4v) is 4.09. The van der Waals surface area contributed by atoms with E-state index in [1.807, 2.05) is 25.9 Å². The predicted molar refractivity (Wildman–Crippen MR) is 151 cm³/mol. The minimum Gasteiger partial charge on any atom is -0.490 e. The van der Waals surface area contributed by atoms with Crippen molar-refractivity contribution in [2.75, 3.05) is 38.8 Å². The molecule has 0 bridgehead atoms. The Morgan fingerprint density at radius 1 is 0.902 bits per heavy atom. The van der Waals surface area contributed by atoms with Gasteiger partial charge in [-0.3, -0.25) is 14.4 Å². The number of esters is 2. The smallest absolute Gasteiger partial charge is 0.374 e. The molecule has 41 heavy (non-hydrogen) atoms. The maximum Gasteiger partial charge on any atom is 0.374 e. The topological polar surface area (TPSA) is 135 Å². The zero-order chi connectivity index (χ0) is 29.7. The van der Waals surface area contributed by atoms with E-state index in [1.165, 1.54) is 25.1 Å². The Bertz CT molecular complexity index is 1700. The van der Waals surface area contributed by atoms with Crippen LogP contribution >= 0.6 is 0 Å². The average molecular weight is 566 g/mol. The number of ether oxygens (including phenoxy) is 4. The van der Waals surface area contributed by atoms with Gasteiger partial charge in [0.05, 0.1) is 12.0 Å². The van der Waals surface area contributed by atoms with Gasteiger partial charge in [-0.2, -0.15) is 0 Å². The average Bonchev–Trinajstić information content (AvgIpc) is 2.93. The molecular weight excluding hydrogens is 534 g/mol. The van der Waals surface area contributed by atoms with E-state index < -0.39 is 23.5 Å². The molecule has 0 saturated carbocycles. The van der Waals surface area contributed by atoms with Crippen molar-refractivity contribution in [3.8, 4) is 11.5 Å². The second kappa shape index (κ2) is 12.6. The molecule has 2 aromatic heterocycles. The number of rotatable bonds is 11. The van der Waals surface area contributed by atoms with Crippen LogP contribution in [0.1, 0.15) is 37.1 Å². The van der Waals surface area contributed by atoms with E-state index in [2.05, 4.69) is 0 Å². The Labute approximate surface area is 235 Å². The fourth-order valence-electron chi connectivity index (χ4n) is 4.09. The van der Waals surface area contributed by atoms with Crippen LogP contribution in [0.15, 0.2) is 60.9 Å². The monoisotopic (exact) mass is 565 g/mol. The molecule has 0 saturated heterocycles. The number of fused-ring (bicyclic) bond motifs is 2. The normalized spacial score (nSPS) is 11.7. The van der Waals surface area contributed by atoms with Crippen molar-refractivity contribution in [1.29, 1.82) is 0 Å². The summed E-state index contributed by atoms with van der Waals surface area (Å²) in [5.41, 5.74) is 0.634. The first-order valence-electron chi connectivity index (χ1n) is 13.1. The summed E-state index contributed by atoms with van der Waals surface area (Å²) in [5.74, 6) is -0.345. The van der Waals surface area contributed by atoms with Crippen molar-refractivity contribution in [1.82, 2.24) is 0 Å². The van der Waals surface area contributed by atoms with Crippen LogP contribution in [-0.2, 0) is 20.7 Å². The lowest BCUT2D eigenvalue weighted by Crippen LogP contribution is -2.30. The maximum atomic E-state index is 12.9. The molecule has 0 spiro atoms. The quantitative estimate of drug-likeness (QED) is 0.243. The number of hydrogen-bond acceptors (Lipinski definition) is 11. The summed E-state index contributed by atoms with van der Waals surface area (Å²) in [7, 11) is 3.70. The third kappa shape index (κ3) is 6.86. The zero-order valence-corrected chi connectivity index (χ0v) is 23.5. The van der Waals surface area contributed by atoms with Gasteiger partial charge >= 0.3 is 11.9 Å². The molecular formula is C30H31NO10. The first-order valence-corrected chi connectivity index (χ1v) is 13.1. The van der Waals surface area contributed by atoms with E-state index in [1.54, 1.807) is 25.1 Å². The summed E-state index contributed by atoms with van der Waals surface area (Å²) in [6, 6.07) is 10.5. The molecule has 0 radical (unpaired) electrons. The summed E-state index contributed by atoms with van der Waals surface area (Å²) in [6.45, 7) is 4.71. The SMILES string of the molecule is CCOC(=O)c1cc(=O)c2cc(OCC(COc3cc(N(C)C)cc4oc(CC)cc(=O)c34)OC(C)=O)ccc2o1. The highest BCUT2D eigenvalue weighted by Gasteiger charge is 2.19. The van der Waals surface area contributed by atoms with Crippen molar-refractivity contribution in [2.45, 2.75) is 33.3 Å². The molecule has 4 aromatic rings. The summed E-state index contributed by atoms with van der Waals surface area (Å²) in [6.07, 6.45) is -0.298. The highest BCUT2D eigenvalue weighted by Crippen LogP contribution is 2.30. The molecule has 4 rings (SSSR count). The van der Waals surface area contributed by atoms with E-state index in [0.29, 0.717) is 23.5 Å². The van der Waals surface area contributed by atoms with Crippen molar-refractivity contribution in [3.63, 3.8) is 0 Å². The summed E-state index contributed by atoms with van der Waals surface area (Å²) in [5, 5.41) is 0.472. The lowest BCUT2D eigenvalue weighted by molar-refractivity contribution is -0.149. The molecule has 0 aliphatic heterocycles. The molecule has 2 aromatic carbocycles. The van der Waals surface area contributed by atoms with Crippen LogP contribution in [0, 0.1) is 0 Å². The number of aryl methyl sites for hydroxylation is 1. The van der Waals surface area contributed by atoms with Gasteiger partial charge < -0.3 is 32.7 Å².